The van der Waals surface area contributed by atoms with Gasteiger partial charge in [0.1, 0.15) is 0 Å². The van der Waals surface area contributed by atoms with Crippen LogP contribution in [0, 0.1) is 0 Å². The van der Waals surface area contributed by atoms with Crippen LogP contribution in [0.1, 0.15) is 32.1 Å². The van der Waals surface area contributed by atoms with Crippen LogP contribution in [0.2, 0.25) is 0 Å². The van der Waals surface area contributed by atoms with Crippen molar-refractivity contribution in [2.24, 2.45) is 0 Å². The van der Waals surface area contributed by atoms with Crippen LogP contribution in [0.25, 0.3) is 0 Å². The number of carbonyl (C=O) groups excluding carboxylic acids is 1. The van der Waals surface area contributed by atoms with Crippen LogP contribution in [0.3, 0.4) is 0 Å². The molecule has 0 aromatic rings. The lowest BCUT2D eigenvalue weighted by molar-refractivity contribution is -0.128. The molecule has 0 unspecified atom stereocenters. The first kappa shape index (κ1) is 9.50. The van der Waals surface area contributed by atoms with Crippen LogP contribution in [-0.4, -0.2) is 23.9 Å². The highest BCUT2D eigenvalue weighted by Gasteiger charge is 2.19. The van der Waals surface area contributed by atoms with Gasteiger partial charge in [-0.25, -0.2) is 0 Å². The van der Waals surface area contributed by atoms with Crippen molar-refractivity contribution in [1.29, 1.82) is 0 Å². The monoisotopic (exact) mass is 191 g/mol. The van der Waals surface area contributed by atoms with Crippen LogP contribution >= 0.6 is 0 Å². The first-order valence-electron chi connectivity index (χ1n) is 5.53. The van der Waals surface area contributed by atoms with Crippen LogP contribution in [0.5, 0.6) is 0 Å². The Hall–Kier alpha value is -1.05. The molecule has 14 heavy (non-hydrogen) atoms. The SMILES string of the molecule is O=C(C1=CC=CCC1)N1CCCCC1. The molecule has 0 spiro atoms. The van der Waals surface area contributed by atoms with E-state index in [1.54, 1.807) is 0 Å². The Labute approximate surface area is 85.3 Å². The quantitative estimate of drug-likeness (QED) is 0.622. The molecular weight excluding hydrogens is 174 g/mol. The maximum Gasteiger partial charge on any atom is 0.249 e. The zero-order chi connectivity index (χ0) is 9.80. The number of allylic oxidation sites excluding steroid dienone is 3. The number of rotatable bonds is 1. The number of carbonyl (C=O) groups is 1. The van der Waals surface area contributed by atoms with Crippen molar-refractivity contribution in [3.05, 3.63) is 23.8 Å². The molecule has 2 nitrogen and oxygen atoms in total. The Bertz CT molecular complexity index is 272. The highest BCUT2D eigenvalue weighted by molar-refractivity contribution is 5.94. The van der Waals surface area contributed by atoms with E-state index in [2.05, 4.69) is 6.08 Å². The lowest BCUT2D eigenvalue weighted by Crippen LogP contribution is -2.36. The van der Waals surface area contributed by atoms with Crippen molar-refractivity contribution < 1.29 is 4.79 Å². The summed E-state index contributed by atoms with van der Waals surface area (Å²) in [4.78, 5) is 14.0. The number of hydrogen-bond donors (Lipinski definition) is 0. The van der Waals surface area contributed by atoms with Gasteiger partial charge in [-0.3, -0.25) is 4.79 Å². The van der Waals surface area contributed by atoms with Crippen molar-refractivity contribution in [2.45, 2.75) is 32.1 Å². The van der Waals surface area contributed by atoms with Gasteiger partial charge < -0.3 is 4.90 Å². The molecule has 0 saturated carbocycles. The predicted molar refractivity (Wildman–Crippen MR) is 56.9 cm³/mol. The minimum Gasteiger partial charge on any atom is -0.339 e. The number of nitrogens with zero attached hydrogens (tertiary/aromatic N) is 1. The Morgan fingerprint density at radius 3 is 2.64 bits per heavy atom. The normalized spacial score (nSPS) is 22.0. The molecule has 1 aliphatic carbocycles. The summed E-state index contributed by atoms with van der Waals surface area (Å²) >= 11 is 0. The van der Waals surface area contributed by atoms with Crippen LogP contribution in [0.4, 0.5) is 0 Å². The van der Waals surface area contributed by atoms with Gasteiger partial charge in [0.15, 0.2) is 0 Å². The Morgan fingerprint density at radius 2 is 2.00 bits per heavy atom. The average Bonchev–Trinajstić information content (AvgIpc) is 2.30. The first-order valence-corrected chi connectivity index (χ1v) is 5.53. The third-order valence-corrected chi connectivity index (χ3v) is 2.93. The molecular formula is C12H17NO. The minimum atomic E-state index is 0.272. The highest BCUT2D eigenvalue weighted by Crippen LogP contribution is 2.17. The maximum absolute atomic E-state index is 12.0. The molecule has 2 rings (SSSR count). The van der Waals surface area contributed by atoms with E-state index in [9.17, 15) is 4.79 Å². The molecule has 1 heterocycles. The summed E-state index contributed by atoms with van der Waals surface area (Å²) in [7, 11) is 0. The highest BCUT2D eigenvalue weighted by atomic mass is 16.2. The van der Waals surface area contributed by atoms with Crippen molar-refractivity contribution in [2.75, 3.05) is 13.1 Å². The molecule has 2 aliphatic rings. The molecule has 1 aliphatic heterocycles. The van der Waals surface area contributed by atoms with E-state index in [4.69, 9.17) is 0 Å². The average molecular weight is 191 g/mol. The number of amides is 1. The second-order valence-electron chi connectivity index (χ2n) is 4.01. The molecule has 0 aromatic heterocycles. The largest absolute Gasteiger partial charge is 0.339 e. The summed E-state index contributed by atoms with van der Waals surface area (Å²) in [5, 5.41) is 0. The van der Waals surface area contributed by atoms with E-state index < -0.39 is 0 Å². The smallest absolute Gasteiger partial charge is 0.249 e. The van der Waals surface area contributed by atoms with Crippen molar-refractivity contribution in [1.82, 2.24) is 4.90 Å². The third kappa shape index (κ3) is 2.06. The second-order valence-corrected chi connectivity index (χ2v) is 4.01. The van der Waals surface area contributed by atoms with Gasteiger partial charge in [-0.2, -0.15) is 0 Å². The Morgan fingerprint density at radius 1 is 1.21 bits per heavy atom. The van der Waals surface area contributed by atoms with E-state index in [0.29, 0.717) is 0 Å². The predicted octanol–water partition coefficient (Wildman–Crippen LogP) is 2.28. The van der Waals surface area contributed by atoms with E-state index >= 15 is 0 Å². The topological polar surface area (TPSA) is 20.3 Å². The summed E-state index contributed by atoms with van der Waals surface area (Å²) < 4.78 is 0. The van der Waals surface area contributed by atoms with Gasteiger partial charge in [-0.05, 0) is 32.1 Å². The van der Waals surface area contributed by atoms with E-state index in [0.717, 1.165) is 31.5 Å². The fourth-order valence-electron chi connectivity index (χ4n) is 2.08. The Balaban J connectivity index is 1.99. The van der Waals surface area contributed by atoms with E-state index in [1.807, 2.05) is 17.1 Å². The van der Waals surface area contributed by atoms with Gasteiger partial charge in [0.2, 0.25) is 5.91 Å². The molecule has 0 bridgehead atoms. The van der Waals surface area contributed by atoms with Crippen LogP contribution < -0.4 is 0 Å². The van der Waals surface area contributed by atoms with E-state index in [-0.39, 0.29) is 5.91 Å². The number of piperidine rings is 1. The van der Waals surface area contributed by atoms with Crippen molar-refractivity contribution in [3.63, 3.8) is 0 Å². The minimum absolute atomic E-state index is 0.272. The van der Waals surface area contributed by atoms with Gasteiger partial charge in [-0.15, -0.1) is 0 Å². The third-order valence-electron chi connectivity index (χ3n) is 2.93. The summed E-state index contributed by atoms with van der Waals surface area (Å²) in [6, 6.07) is 0. The van der Waals surface area contributed by atoms with Gasteiger partial charge in [-0.1, -0.05) is 18.2 Å². The lowest BCUT2D eigenvalue weighted by Gasteiger charge is -2.28. The van der Waals surface area contributed by atoms with Crippen molar-refractivity contribution in [3.8, 4) is 0 Å². The first-order chi connectivity index (χ1) is 6.88. The van der Waals surface area contributed by atoms with Crippen LogP contribution in [-0.2, 0) is 4.79 Å². The zero-order valence-corrected chi connectivity index (χ0v) is 8.54. The summed E-state index contributed by atoms with van der Waals surface area (Å²) in [5.74, 6) is 0.272. The van der Waals surface area contributed by atoms with Gasteiger partial charge >= 0.3 is 0 Å². The summed E-state index contributed by atoms with van der Waals surface area (Å²) in [6.45, 7) is 1.92. The summed E-state index contributed by atoms with van der Waals surface area (Å²) in [5.41, 5.74) is 0.995. The molecule has 76 valence electrons. The van der Waals surface area contributed by atoms with Crippen molar-refractivity contribution >= 4 is 5.91 Å². The van der Waals surface area contributed by atoms with Gasteiger partial charge in [0.05, 0.1) is 0 Å². The molecule has 0 N–H and O–H groups in total. The molecule has 1 saturated heterocycles. The standard InChI is InChI=1S/C12H17NO/c14-12(11-7-3-1-4-8-11)13-9-5-2-6-10-13/h1,3,7H,2,4-6,8-10H2. The number of likely N-dealkylation sites (tertiary alicyclic amines) is 1. The fraction of sp³-hybridized carbons (Fsp3) is 0.583. The number of hydrogen-bond acceptors (Lipinski definition) is 1. The molecule has 0 radical (unpaired) electrons. The molecule has 0 atom stereocenters. The second kappa shape index (κ2) is 4.45. The molecule has 1 amide bonds. The van der Waals surface area contributed by atoms with Gasteiger partial charge in [0.25, 0.3) is 0 Å². The Kier molecular flexibility index (Phi) is 3.02. The zero-order valence-electron chi connectivity index (χ0n) is 8.54. The van der Waals surface area contributed by atoms with Gasteiger partial charge in [0, 0.05) is 18.7 Å². The molecule has 0 aromatic carbocycles. The van der Waals surface area contributed by atoms with E-state index in [1.165, 1.54) is 19.3 Å². The molecule has 1 fully saturated rings. The maximum atomic E-state index is 12.0. The molecule has 2 heteroatoms. The fourth-order valence-corrected chi connectivity index (χ4v) is 2.08. The lowest BCUT2D eigenvalue weighted by atomic mass is 10.0. The summed E-state index contributed by atoms with van der Waals surface area (Å²) in [6.07, 6.45) is 11.7. The van der Waals surface area contributed by atoms with Crippen LogP contribution in [0.15, 0.2) is 23.8 Å².